The van der Waals surface area contributed by atoms with E-state index in [9.17, 15) is 16.8 Å². The molecule has 0 amide bonds. The van der Waals surface area contributed by atoms with Gasteiger partial charge in [-0.05, 0) is 55.6 Å². The van der Waals surface area contributed by atoms with Gasteiger partial charge in [0.1, 0.15) is 9.79 Å². The molecule has 0 saturated carbocycles. The quantitative estimate of drug-likeness (QED) is 0.302. The number of tetrazole rings is 1. The number of anilines is 1. The van der Waals surface area contributed by atoms with Crippen LogP contribution in [0, 0.1) is 5.92 Å². The van der Waals surface area contributed by atoms with Crippen molar-refractivity contribution in [2.45, 2.75) is 35.1 Å². The van der Waals surface area contributed by atoms with Crippen molar-refractivity contribution < 1.29 is 16.8 Å². The Morgan fingerprint density at radius 2 is 1.91 bits per heavy atom. The lowest BCUT2D eigenvalue weighted by Gasteiger charge is -2.34. The maximum Gasteiger partial charge on any atom is 0.242 e. The van der Waals surface area contributed by atoms with Crippen LogP contribution in [0.1, 0.15) is 19.3 Å². The summed E-state index contributed by atoms with van der Waals surface area (Å²) in [5.41, 5.74) is 6.28. The number of nitrogens with one attached hydrogen (secondary N) is 3. The van der Waals surface area contributed by atoms with Crippen LogP contribution in [0.25, 0.3) is 11.4 Å². The summed E-state index contributed by atoms with van der Waals surface area (Å²) in [7, 11) is -8.69. The van der Waals surface area contributed by atoms with E-state index in [4.69, 9.17) is 10.9 Å². The minimum absolute atomic E-state index is 0.0138. The van der Waals surface area contributed by atoms with Crippen molar-refractivity contribution in [3.63, 3.8) is 0 Å². The molecule has 0 spiro atoms. The number of primary sulfonamides is 1. The van der Waals surface area contributed by atoms with Gasteiger partial charge in [0.25, 0.3) is 0 Å². The predicted molar refractivity (Wildman–Crippen MR) is 117 cm³/mol. The summed E-state index contributed by atoms with van der Waals surface area (Å²) in [6.45, 7) is 2.94. The Bertz CT molecular complexity index is 1150. The third-order valence-corrected chi connectivity index (χ3v) is 8.60. The second-order valence-corrected chi connectivity index (χ2v) is 11.2. The third-order valence-electron chi connectivity index (χ3n) is 5.91. The summed E-state index contributed by atoms with van der Waals surface area (Å²) in [4.78, 5) is 0.986. The first-order chi connectivity index (χ1) is 15.2. The zero-order valence-corrected chi connectivity index (χ0v) is 19.0. The molecule has 7 N–H and O–H groups in total. The first-order valence-electron chi connectivity index (χ1n) is 10.3. The highest BCUT2D eigenvalue weighted by atomic mass is 32.2. The van der Waals surface area contributed by atoms with Gasteiger partial charge in [-0.3, -0.25) is 0 Å². The number of aromatic amines is 1. The largest absolute Gasteiger partial charge is 0.371 e. The molecule has 2 aliphatic rings. The van der Waals surface area contributed by atoms with Crippen molar-refractivity contribution in [1.82, 2.24) is 30.7 Å². The molecule has 4 rings (SSSR count). The number of H-pyrrole nitrogens is 1. The summed E-state index contributed by atoms with van der Waals surface area (Å²) in [6, 6.07) is 2.50. The number of sulfonamides is 2. The van der Waals surface area contributed by atoms with E-state index in [-0.39, 0.29) is 17.4 Å². The van der Waals surface area contributed by atoms with Gasteiger partial charge < -0.3 is 16.0 Å². The maximum atomic E-state index is 13.2. The van der Waals surface area contributed by atoms with Crippen molar-refractivity contribution in [2.75, 3.05) is 37.6 Å². The number of nitrogens with zero attached hydrogens (tertiary/aromatic N) is 4. The molecule has 13 nitrogen and oxygen atoms in total. The van der Waals surface area contributed by atoms with Crippen molar-refractivity contribution >= 4 is 25.7 Å². The van der Waals surface area contributed by atoms with Crippen LogP contribution in [-0.4, -0.2) is 76.2 Å². The van der Waals surface area contributed by atoms with Crippen molar-refractivity contribution in [3.8, 4) is 11.4 Å². The van der Waals surface area contributed by atoms with Crippen molar-refractivity contribution in [2.24, 2.45) is 16.8 Å². The van der Waals surface area contributed by atoms with Crippen LogP contribution in [0.5, 0.6) is 0 Å². The highest BCUT2D eigenvalue weighted by Crippen LogP contribution is 2.39. The number of rotatable bonds is 7. The molecular weight excluding hydrogens is 458 g/mol. The van der Waals surface area contributed by atoms with E-state index < -0.39 is 29.8 Å². The van der Waals surface area contributed by atoms with Gasteiger partial charge in [0.15, 0.2) is 0 Å². The Labute approximate surface area is 186 Å². The summed E-state index contributed by atoms with van der Waals surface area (Å²) >= 11 is 0. The van der Waals surface area contributed by atoms with Gasteiger partial charge in [0, 0.05) is 31.4 Å². The van der Waals surface area contributed by atoms with Crippen LogP contribution in [0.4, 0.5) is 5.69 Å². The van der Waals surface area contributed by atoms with Crippen LogP contribution in [0.2, 0.25) is 0 Å². The van der Waals surface area contributed by atoms with Crippen LogP contribution in [0.3, 0.4) is 0 Å². The van der Waals surface area contributed by atoms with Crippen molar-refractivity contribution in [3.05, 3.63) is 12.1 Å². The Hall–Kier alpha value is -2.17. The minimum atomic E-state index is -4.49. The molecule has 0 bridgehead atoms. The molecule has 32 heavy (non-hydrogen) atoms. The molecule has 2 saturated heterocycles. The lowest BCUT2D eigenvalue weighted by molar-refractivity contribution is 0.414. The molecule has 1 aromatic carbocycles. The van der Waals surface area contributed by atoms with E-state index in [0.717, 1.165) is 12.8 Å². The zero-order chi connectivity index (χ0) is 22.9. The normalized spacial score (nSPS) is 20.7. The fourth-order valence-corrected chi connectivity index (χ4v) is 7.11. The van der Waals surface area contributed by atoms with E-state index in [2.05, 4.69) is 30.7 Å². The van der Waals surface area contributed by atoms with Crippen LogP contribution >= 0.6 is 0 Å². The van der Waals surface area contributed by atoms with Gasteiger partial charge in [-0.15, -0.1) is 10.2 Å². The molecule has 3 heterocycles. The summed E-state index contributed by atoms with van der Waals surface area (Å²) in [6.07, 6.45) is 2.24. The topological polar surface area (TPSA) is 202 Å². The van der Waals surface area contributed by atoms with Gasteiger partial charge in [-0.25, -0.2) is 26.7 Å². The van der Waals surface area contributed by atoms with Gasteiger partial charge in [-0.1, -0.05) is 0 Å². The number of nitrogens with two attached hydrogens (primary N) is 2. The number of hydrogen-bond donors (Lipinski definition) is 5. The molecule has 15 heteroatoms. The number of benzene rings is 1. The van der Waals surface area contributed by atoms with Gasteiger partial charge in [0.05, 0.1) is 5.56 Å². The van der Waals surface area contributed by atoms with Gasteiger partial charge in [0.2, 0.25) is 25.9 Å². The standard InChI is InChI=1S/C17H27N9O4S2/c18-9-11-4-7-26(8-5-11)13-1-2-14(32(29,30)23-12-3-6-20-10-12)16(31(19,27)28)15(13)17-21-24-25-22-17/h1-2,11-12,20,23H,3-10,18H2,(H2,19,27,28)(H,21,22,24,25)/t12-/m1/s1. The maximum absolute atomic E-state index is 13.2. The van der Waals surface area contributed by atoms with E-state index in [1.165, 1.54) is 6.07 Å². The van der Waals surface area contributed by atoms with Gasteiger partial charge in [-0.2, -0.15) is 5.21 Å². The molecule has 1 aromatic heterocycles. The molecule has 0 unspecified atom stereocenters. The molecule has 1 atom stereocenters. The summed E-state index contributed by atoms with van der Waals surface area (Å²) in [5, 5.41) is 22.3. The van der Waals surface area contributed by atoms with E-state index in [1.807, 2.05) is 4.90 Å². The smallest absolute Gasteiger partial charge is 0.242 e. The third kappa shape index (κ3) is 4.62. The van der Waals surface area contributed by atoms with Gasteiger partial charge >= 0.3 is 0 Å². The Balaban J connectivity index is 1.87. The van der Waals surface area contributed by atoms with E-state index >= 15 is 0 Å². The zero-order valence-electron chi connectivity index (χ0n) is 17.4. The average Bonchev–Trinajstić information content (AvgIpc) is 3.46. The molecule has 0 aliphatic carbocycles. The van der Waals surface area contributed by atoms with Crippen LogP contribution in [0.15, 0.2) is 21.9 Å². The second-order valence-electron chi connectivity index (χ2n) is 8.04. The molecule has 176 valence electrons. The molecular formula is C17H27N9O4S2. The Kier molecular flexibility index (Phi) is 6.46. The highest BCUT2D eigenvalue weighted by molar-refractivity contribution is 7.92. The van der Waals surface area contributed by atoms with E-state index in [0.29, 0.717) is 50.7 Å². The fraction of sp³-hybridized carbons (Fsp3) is 0.588. The van der Waals surface area contributed by atoms with Crippen molar-refractivity contribution in [1.29, 1.82) is 0 Å². The first-order valence-corrected chi connectivity index (χ1v) is 13.4. The lowest BCUT2D eigenvalue weighted by Crippen LogP contribution is -2.38. The number of hydrogen-bond acceptors (Lipinski definition) is 10. The molecule has 2 aliphatic heterocycles. The molecule has 2 aromatic rings. The lowest BCUT2D eigenvalue weighted by atomic mass is 9.96. The average molecular weight is 486 g/mol. The predicted octanol–water partition coefficient (Wildman–Crippen LogP) is -1.67. The van der Waals surface area contributed by atoms with Crippen LogP contribution < -0.4 is 25.8 Å². The monoisotopic (exact) mass is 485 g/mol. The Morgan fingerprint density at radius 3 is 2.47 bits per heavy atom. The summed E-state index contributed by atoms with van der Waals surface area (Å²) < 4.78 is 54.4. The van der Waals surface area contributed by atoms with E-state index in [1.54, 1.807) is 6.07 Å². The second kappa shape index (κ2) is 8.99. The molecule has 2 fully saturated rings. The molecule has 0 radical (unpaired) electrons. The SMILES string of the molecule is NCC1CCN(c2ccc(S(=O)(=O)N[C@@H]3CCNC3)c(S(N)(=O)=O)c2-c2nn[nH]n2)CC1. The Morgan fingerprint density at radius 1 is 1.16 bits per heavy atom. The number of piperidine rings is 1. The minimum Gasteiger partial charge on any atom is -0.371 e. The number of aromatic nitrogens is 4. The fourth-order valence-electron chi connectivity index (χ4n) is 4.24. The first kappa shape index (κ1) is 23.0. The van der Waals surface area contributed by atoms with Crippen LogP contribution in [-0.2, 0) is 20.0 Å². The summed E-state index contributed by atoms with van der Waals surface area (Å²) in [5.74, 6) is 0.325. The highest BCUT2D eigenvalue weighted by Gasteiger charge is 2.35.